The van der Waals surface area contributed by atoms with Crippen LogP contribution in [-0.2, 0) is 4.74 Å². The third kappa shape index (κ3) is 5.12. The molecule has 0 aromatic heterocycles. The van der Waals surface area contributed by atoms with E-state index in [0.29, 0.717) is 11.3 Å². The van der Waals surface area contributed by atoms with Gasteiger partial charge < -0.3 is 15.8 Å². The van der Waals surface area contributed by atoms with E-state index in [-0.39, 0.29) is 11.8 Å². The molecule has 5 nitrogen and oxygen atoms in total. The largest absolute Gasteiger partial charge is 0.399 e. The van der Waals surface area contributed by atoms with Gasteiger partial charge in [-0.2, -0.15) is 0 Å². The minimum Gasteiger partial charge on any atom is -0.399 e. The van der Waals surface area contributed by atoms with Crippen LogP contribution in [0.1, 0.15) is 23.7 Å². The minimum absolute atomic E-state index is 0.112. The number of carbonyl (C=O) groups excluding carboxylic acids is 1. The first-order chi connectivity index (χ1) is 10.2. The van der Waals surface area contributed by atoms with Crippen LogP contribution in [0.5, 0.6) is 0 Å². The molecule has 1 aromatic rings. The Morgan fingerprint density at radius 1 is 1.33 bits per heavy atom. The molecule has 21 heavy (non-hydrogen) atoms. The number of hydrogen-bond acceptors (Lipinski definition) is 5. The third-order valence-electron chi connectivity index (χ3n) is 3.79. The summed E-state index contributed by atoms with van der Waals surface area (Å²) >= 11 is 0. The quantitative estimate of drug-likeness (QED) is 0.448. The molecule has 0 saturated carbocycles. The van der Waals surface area contributed by atoms with Crippen molar-refractivity contribution in [3.63, 3.8) is 0 Å². The molecule has 3 N–H and O–H groups in total. The number of hydrogen-bond donors (Lipinski definition) is 2. The zero-order chi connectivity index (χ0) is 15.1. The Balaban J connectivity index is 1.67. The van der Waals surface area contributed by atoms with Crippen LogP contribution < -0.4 is 11.1 Å². The molecule has 1 atom stereocenters. The Hall–Kier alpha value is -1.43. The van der Waals surface area contributed by atoms with Crippen molar-refractivity contribution in [3.05, 3.63) is 29.8 Å². The molecule has 0 aliphatic carbocycles. The molecule has 1 aliphatic rings. The Labute approximate surface area is 126 Å². The molecule has 0 bridgehead atoms. The molecule has 1 saturated heterocycles. The van der Waals surface area contributed by atoms with E-state index in [2.05, 4.69) is 10.2 Å². The van der Waals surface area contributed by atoms with Crippen molar-refractivity contribution >= 4 is 11.5 Å². The summed E-state index contributed by atoms with van der Waals surface area (Å²) in [5, 5.41) is 3.30. The van der Waals surface area contributed by atoms with Crippen LogP contribution in [0.2, 0.25) is 0 Å². The van der Waals surface area contributed by atoms with E-state index in [9.17, 15) is 4.79 Å². The number of morpholine rings is 1. The van der Waals surface area contributed by atoms with Crippen LogP contribution >= 0.6 is 0 Å². The number of nitrogens with one attached hydrogen (secondary N) is 1. The van der Waals surface area contributed by atoms with Gasteiger partial charge in [0.2, 0.25) is 0 Å². The molecule has 1 heterocycles. The number of ketones is 1. The Morgan fingerprint density at radius 3 is 2.67 bits per heavy atom. The fourth-order valence-electron chi connectivity index (χ4n) is 2.44. The van der Waals surface area contributed by atoms with Gasteiger partial charge in [0.1, 0.15) is 0 Å². The monoisotopic (exact) mass is 291 g/mol. The van der Waals surface area contributed by atoms with Crippen molar-refractivity contribution in [2.45, 2.75) is 19.4 Å². The number of benzene rings is 1. The first-order valence-corrected chi connectivity index (χ1v) is 7.60. The van der Waals surface area contributed by atoms with Gasteiger partial charge in [-0.05, 0) is 50.7 Å². The van der Waals surface area contributed by atoms with Gasteiger partial charge in [-0.25, -0.2) is 0 Å². The number of ether oxygens (including phenoxy) is 1. The predicted octanol–water partition coefficient (Wildman–Crippen LogP) is 1.15. The SMILES string of the molecule is CC(NCCCN1CCOCC1)C(=O)c1ccc(N)cc1. The zero-order valence-electron chi connectivity index (χ0n) is 12.7. The number of anilines is 1. The molecule has 0 spiro atoms. The summed E-state index contributed by atoms with van der Waals surface area (Å²) in [6, 6.07) is 6.92. The fraction of sp³-hybridized carbons (Fsp3) is 0.562. The Morgan fingerprint density at radius 2 is 2.00 bits per heavy atom. The first kappa shape index (κ1) is 15.9. The third-order valence-corrected chi connectivity index (χ3v) is 3.79. The molecule has 1 aliphatic heterocycles. The zero-order valence-corrected chi connectivity index (χ0v) is 12.7. The second-order valence-electron chi connectivity index (χ2n) is 5.47. The average molecular weight is 291 g/mol. The maximum absolute atomic E-state index is 12.2. The second-order valence-corrected chi connectivity index (χ2v) is 5.47. The Kier molecular flexibility index (Phi) is 6.17. The van der Waals surface area contributed by atoms with E-state index in [0.717, 1.165) is 45.8 Å². The molecule has 0 amide bonds. The normalized spacial score (nSPS) is 17.6. The number of nitrogen functional groups attached to an aromatic ring is 1. The summed E-state index contributed by atoms with van der Waals surface area (Å²) in [5.74, 6) is 0.112. The van der Waals surface area contributed by atoms with Gasteiger partial charge in [-0.15, -0.1) is 0 Å². The van der Waals surface area contributed by atoms with Gasteiger partial charge in [0.15, 0.2) is 5.78 Å². The standard InChI is InChI=1S/C16H25N3O2/c1-13(16(20)14-3-5-15(17)6-4-14)18-7-2-8-19-9-11-21-12-10-19/h3-6,13,18H,2,7-12,17H2,1H3. The molecule has 5 heteroatoms. The van der Waals surface area contributed by atoms with Crippen molar-refractivity contribution < 1.29 is 9.53 Å². The maximum atomic E-state index is 12.2. The maximum Gasteiger partial charge on any atom is 0.179 e. The number of nitrogens with zero attached hydrogens (tertiary/aromatic N) is 1. The van der Waals surface area contributed by atoms with Crippen LogP contribution in [0.4, 0.5) is 5.69 Å². The highest BCUT2D eigenvalue weighted by molar-refractivity contribution is 6.00. The first-order valence-electron chi connectivity index (χ1n) is 7.60. The van der Waals surface area contributed by atoms with Crippen LogP contribution in [0.25, 0.3) is 0 Å². The van der Waals surface area contributed by atoms with E-state index in [1.54, 1.807) is 24.3 Å². The van der Waals surface area contributed by atoms with Crippen LogP contribution in [0, 0.1) is 0 Å². The molecule has 0 radical (unpaired) electrons. The molecule has 2 rings (SSSR count). The summed E-state index contributed by atoms with van der Waals surface area (Å²) in [6.07, 6.45) is 1.04. The van der Waals surface area contributed by atoms with Crippen molar-refractivity contribution in [1.29, 1.82) is 0 Å². The van der Waals surface area contributed by atoms with Crippen LogP contribution in [0.15, 0.2) is 24.3 Å². The fourth-order valence-corrected chi connectivity index (χ4v) is 2.44. The molecule has 1 fully saturated rings. The smallest absolute Gasteiger partial charge is 0.179 e. The highest BCUT2D eigenvalue weighted by Crippen LogP contribution is 2.08. The van der Waals surface area contributed by atoms with E-state index >= 15 is 0 Å². The van der Waals surface area contributed by atoms with Gasteiger partial charge >= 0.3 is 0 Å². The average Bonchev–Trinajstić information content (AvgIpc) is 2.52. The summed E-state index contributed by atoms with van der Waals surface area (Å²) in [7, 11) is 0. The lowest BCUT2D eigenvalue weighted by atomic mass is 10.1. The molecular formula is C16H25N3O2. The molecule has 1 unspecified atom stereocenters. The predicted molar refractivity (Wildman–Crippen MR) is 84.5 cm³/mol. The topological polar surface area (TPSA) is 67.6 Å². The van der Waals surface area contributed by atoms with Gasteiger partial charge in [0.05, 0.1) is 19.3 Å². The summed E-state index contributed by atoms with van der Waals surface area (Å²) in [5.41, 5.74) is 7.02. The van der Waals surface area contributed by atoms with E-state index in [4.69, 9.17) is 10.5 Å². The molecule has 116 valence electrons. The van der Waals surface area contributed by atoms with E-state index in [1.807, 2.05) is 6.92 Å². The number of Topliss-reactive ketones (excluding diaryl/α,β-unsaturated/α-hetero) is 1. The number of carbonyl (C=O) groups is 1. The summed E-state index contributed by atoms with van der Waals surface area (Å²) in [6.45, 7) is 7.50. The van der Waals surface area contributed by atoms with Crippen molar-refractivity contribution in [3.8, 4) is 0 Å². The second kappa shape index (κ2) is 8.12. The summed E-state index contributed by atoms with van der Waals surface area (Å²) < 4.78 is 5.32. The lowest BCUT2D eigenvalue weighted by Gasteiger charge is -2.26. The van der Waals surface area contributed by atoms with E-state index in [1.165, 1.54) is 0 Å². The molecule has 1 aromatic carbocycles. The minimum atomic E-state index is -0.168. The van der Waals surface area contributed by atoms with Gasteiger partial charge in [0, 0.05) is 24.3 Å². The lowest BCUT2D eigenvalue weighted by molar-refractivity contribution is 0.0374. The van der Waals surface area contributed by atoms with Gasteiger partial charge in [0.25, 0.3) is 0 Å². The lowest BCUT2D eigenvalue weighted by Crippen LogP contribution is -2.39. The number of rotatable bonds is 7. The van der Waals surface area contributed by atoms with Gasteiger partial charge in [-0.3, -0.25) is 9.69 Å². The van der Waals surface area contributed by atoms with Crippen molar-refractivity contribution in [2.24, 2.45) is 0 Å². The molecular weight excluding hydrogens is 266 g/mol. The Bertz CT molecular complexity index is 441. The summed E-state index contributed by atoms with van der Waals surface area (Å²) in [4.78, 5) is 14.6. The van der Waals surface area contributed by atoms with Crippen molar-refractivity contribution in [1.82, 2.24) is 10.2 Å². The number of nitrogens with two attached hydrogens (primary N) is 1. The van der Waals surface area contributed by atoms with Gasteiger partial charge in [-0.1, -0.05) is 0 Å². The highest BCUT2D eigenvalue weighted by atomic mass is 16.5. The van der Waals surface area contributed by atoms with E-state index < -0.39 is 0 Å². The highest BCUT2D eigenvalue weighted by Gasteiger charge is 2.14. The van der Waals surface area contributed by atoms with Crippen LogP contribution in [0.3, 0.4) is 0 Å². The van der Waals surface area contributed by atoms with Crippen LogP contribution in [-0.4, -0.2) is 56.1 Å². The van der Waals surface area contributed by atoms with Crippen molar-refractivity contribution in [2.75, 3.05) is 45.1 Å².